The van der Waals surface area contributed by atoms with Crippen molar-refractivity contribution < 1.29 is 28.0 Å². The number of benzene rings is 2. The molecular formula is C23H16F2N4O5S2. The lowest BCUT2D eigenvalue weighted by Gasteiger charge is -2.30. The summed E-state index contributed by atoms with van der Waals surface area (Å²) in [5.74, 6) is -5.07. The highest BCUT2D eigenvalue weighted by atomic mass is 32.2. The number of hydrogen-bond acceptors (Lipinski definition) is 7. The minimum Gasteiger partial charge on any atom is -0.351 e. The van der Waals surface area contributed by atoms with Gasteiger partial charge < -0.3 is 11.1 Å². The van der Waals surface area contributed by atoms with Crippen molar-refractivity contribution in [3.05, 3.63) is 80.3 Å². The summed E-state index contributed by atoms with van der Waals surface area (Å²) >= 11 is 1.71. The number of primary amides is 1. The van der Waals surface area contributed by atoms with Gasteiger partial charge in [-0.25, -0.2) is 13.6 Å². The number of nitrogens with one attached hydrogen (secondary N) is 1. The lowest BCUT2D eigenvalue weighted by molar-refractivity contribution is -0.135. The summed E-state index contributed by atoms with van der Waals surface area (Å²) < 4.78 is 28.0. The number of imide groups is 3. The van der Waals surface area contributed by atoms with Gasteiger partial charge in [0.1, 0.15) is 23.4 Å². The van der Waals surface area contributed by atoms with Crippen LogP contribution in [0.15, 0.2) is 58.4 Å². The van der Waals surface area contributed by atoms with E-state index in [4.69, 9.17) is 5.73 Å². The summed E-state index contributed by atoms with van der Waals surface area (Å²) in [6.07, 6.45) is 0. The van der Waals surface area contributed by atoms with Crippen LogP contribution in [0.3, 0.4) is 0 Å². The van der Waals surface area contributed by atoms with Gasteiger partial charge in [0.15, 0.2) is 0 Å². The molecule has 0 radical (unpaired) electrons. The van der Waals surface area contributed by atoms with E-state index >= 15 is 0 Å². The minimum atomic E-state index is -1.21. The van der Waals surface area contributed by atoms with Gasteiger partial charge in [-0.1, -0.05) is 35.2 Å². The molecule has 5 amide bonds. The topological polar surface area (TPSA) is 132 Å². The quantitative estimate of drug-likeness (QED) is 0.499. The van der Waals surface area contributed by atoms with Crippen LogP contribution in [-0.2, 0) is 20.9 Å². The molecule has 9 nitrogen and oxygen atoms in total. The fraction of sp³-hybridized carbons (Fsp3) is 0.174. The smallest absolute Gasteiger partial charge is 0.328 e. The molecule has 5 rings (SSSR count). The summed E-state index contributed by atoms with van der Waals surface area (Å²) in [6.45, 7) is -0.412. The zero-order chi connectivity index (χ0) is 25.7. The van der Waals surface area contributed by atoms with Crippen molar-refractivity contribution in [1.82, 2.24) is 9.47 Å². The van der Waals surface area contributed by atoms with Gasteiger partial charge >= 0.3 is 10.9 Å². The van der Waals surface area contributed by atoms with Crippen LogP contribution in [-0.4, -0.2) is 38.5 Å². The Kier molecular flexibility index (Phi) is 5.96. The van der Waals surface area contributed by atoms with Crippen molar-refractivity contribution in [3.8, 4) is 0 Å². The Morgan fingerprint density at radius 2 is 1.56 bits per heavy atom. The molecule has 0 saturated carbocycles. The SMILES string of the molecule is NC(=O)N1C(=O)[C@@H]2[C@H](c3ccc(F)cc3)c3sc(=O)n(CC(=O)Nc4ccc(F)cc4)c3S[C@@H]2C1=O. The Bertz CT molecular complexity index is 1470. The number of urea groups is 1. The number of nitrogens with zero attached hydrogens (tertiary/aromatic N) is 2. The summed E-state index contributed by atoms with van der Waals surface area (Å²) in [4.78, 5) is 63.8. The minimum absolute atomic E-state index is 0.294. The molecule has 1 aromatic heterocycles. The highest BCUT2D eigenvalue weighted by molar-refractivity contribution is 8.00. The number of hydrogen-bond donors (Lipinski definition) is 2. The van der Waals surface area contributed by atoms with E-state index in [1.165, 1.54) is 53.1 Å². The van der Waals surface area contributed by atoms with E-state index in [-0.39, 0.29) is 0 Å². The van der Waals surface area contributed by atoms with Gasteiger partial charge in [-0.3, -0.25) is 23.7 Å². The fourth-order valence-electron chi connectivity index (χ4n) is 4.38. The number of carbonyl (C=O) groups excluding carboxylic acids is 4. The van der Waals surface area contributed by atoms with E-state index in [9.17, 15) is 32.8 Å². The average Bonchev–Trinajstić information content (AvgIpc) is 3.27. The van der Waals surface area contributed by atoms with E-state index in [0.29, 0.717) is 26.1 Å². The normalized spacial score (nSPS) is 20.7. The van der Waals surface area contributed by atoms with Crippen molar-refractivity contribution in [2.24, 2.45) is 11.7 Å². The van der Waals surface area contributed by atoms with E-state index in [2.05, 4.69) is 5.32 Å². The van der Waals surface area contributed by atoms with Crippen LogP contribution in [0.4, 0.5) is 19.3 Å². The largest absolute Gasteiger partial charge is 0.351 e. The molecule has 36 heavy (non-hydrogen) atoms. The highest BCUT2D eigenvalue weighted by Crippen LogP contribution is 2.53. The molecule has 0 spiro atoms. The molecule has 184 valence electrons. The summed E-state index contributed by atoms with van der Waals surface area (Å²) in [7, 11) is 0. The van der Waals surface area contributed by atoms with Crippen molar-refractivity contribution in [1.29, 1.82) is 0 Å². The number of nitrogens with two attached hydrogens (primary N) is 1. The Hall–Kier alpha value is -3.84. The number of rotatable bonds is 4. The molecule has 1 saturated heterocycles. The van der Waals surface area contributed by atoms with Gasteiger partial charge in [-0.05, 0) is 42.0 Å². The van der Waals surface area contributed by atoms with Crippen LogP contribution in [0.25, 0.3) is 0 Å². The lowest BCUT2D eigenvalue weighted by Crippen LogP contribution is -2.41. The Balaban J connectivity index is 1.55. The molecule has 1 fully saturated rings. The van der Waals surface area contributed by atoms with Crippen molar-refractivity contribution in [2.45, 2.75) is 22.7 Å². The van der Waals surface area contributed by atoms with Gasteiger partial charge in [0.25, 0.3) is 5.91 Å². The molecule has 3 atom stereocenters. The second-order valence-corrected chi connectivity index (χ2v) is 10.2. The zero-order valence-corrected chi connectivity index (χ0v) is 19.8. The molecule has 2 aromatic carbocycles. The predicted octanol–water partition coefficient (Wildman–Crippen LogP) is 2.50. The first kappa shape index (κ1) is 23.9. The molecular weight excluding hydrogens is 514 g/mol. The molecule has 13 heteroatoms. The third-order valence-electron chi connectivity index (χ3n) is 5.93. The summed E-state index contributed by atoms with van der Waals surface area (Å²) in [6, 6.07) is 9.12. The number of carbonyl (C=O) groups is 4. The Morgan fingerprint density at radius 3 is 2.17 bits per heavy atom. The second-order valence-electron chi connectivity index (χ2n) is 8.12. The average molecular weight is 531 g/mol. The molecule has 2 aliphatic rings. The number of fused-ring (bicyclic) bond motifs is 2. The van der Waals surface area contributed by atoms with Crippen molar-refractivity contribution >= 4 is 52.5 Å². The Labute approximate surface area is 209 Å². The first-order chi connectivity index (χ1) is 17.2. The number of likely N-dealkylation sites (tertiary alicyclic amines) is 1. The number of amides is 5. The van der Waals surface area contributed by atoms with Crippen LogP contribution in [0.5, 0.6) is 0 Å². The van der Waals surface area contributed by atoms with E-state index in [1.807, 2.05) is 0 Å². The highest BCUT2D eigenvalue weighted by Gasteiger charge is 2.57. The monoisotopic (exact) mass is 530 g/mol. The predicted molar refractivity (Wildman–Crippen MR) is 126 cm³/mol. The Morgan fingerprint density at radius 1 is 0.944 bits per heavy atom. The number of thioether (sulfide) groups is 1. The van der Waals surface area contributed by atoms with Gasteiger partial charge in [0, 0.05) is 16.5 Å². The zero-order valence-electron chi connectivity index (χ0n) is 18.1. The summed E-state index contributed by atoms with van der Waals surface area (Å²) in [5, 5.41) is 1.79. The number of anilines is 1. The molecule has 3 N–H and O–H groups in total. The first-order valence-electron chi connectivity index (χ1n) is 10.5. The summed E-state index contributed by atoms with van der Waals surface area (Å²) in [5.41, 5.74) is 6.06. The van der Waals surface area contributed by atoms with Crippen molar-refractivity contribution in [2.75, 3.05) is 5.32 Å². The van der Waals surface area contributed by atoms with Crippen LogP contribution in [0, 0.1) is 17.6 Å². The van der Waals surface area contributed by atoms with Gasteiger partial charge in [-0.2, -0.15) is 4.90 Å². The molecule has 0 unspecified atom stereocenters. The maximum atomic E-state index is 13.6. The van der Waals surface area contributed by atoms with Crippen LogP contribution >= 0.6 is 23.1 Å². The molecule has 0 bridgehead atoms. The number of thiazole rings is 1. The van der Waals surface area contributed by atoms with Gasteiger partial charge in [0.05, 0.1) is 10.9 Å². The fourth-order valence-corrected chi connectivity index (χ4v) is 7.15. The van der Waals surface area contributed by atoms with Crippen LogP contribution < -0.4 is 15.9 Å². The third kappa shape index (κ3) is 3.99. The number of aromatic nitrogens is 1. The van der Waals surface area contributed by atoms with Gasteiger partial charge in [-0.15, -0.1) is 0 Å². The standard InChI is InChI=1S/C23H16F2N4O5S2/c24-11-3-1-10(2-4-11)15-16-17(20(32)29(19(16)31)22(26)33)35-21-18(15)36-23(34)28(21)9-14(30)27-13-7-5-12(25)6-8-13/h1-8,15-17H,9H2,(H2,26,33)(H,27,30)/t15-,16+,17-/m0/s1. The van der Waals surface area contributed by atoms with Crippen LogP contribution in [0.1, 0.15) is 16.4 Å². The third-order valence-corrected chi connectivity index (χ3v) is 8.53. The van der Waals surface area contributed by atoms with Crippen molar-refractivity contribution in [3.63, 3.8) is 0 Å². The van der Waals surface area contributed by atoms with E-state index in [1.54, 1.807) is 0 Å². The van der Waals surface area contributed by atoms with Crippen LogP contribution in [0.2, 0.25) is 0 Å². The van der Waals surface area contributed by atoms with E-state index in [0.717, 1.165) is 23.1 Å². The maximum Gasteiger partial charge on any atom is 0.328 e. The number of halogens is 2. The second kappa shape index (κ2) is 8.99. The van der Waals surface area contributed by atoms with Gasteiger partial charge in [0.2, 0.25) is 11.8 Å². The molecule has 3 heterocycles. The molecule has 0 aliphatic carbocycles. The maximum absolute atomic E-state index is 13.6. The molecule has 3 aromatic rings. The first-order valence-corrected chi connectivity index (χ1v) is 12.2. The lowest BCUT2D eigenvalue weighted by atomic mass is 9.83. The van der Waals surface area contributed by atoms with E-state index < -0.39 is 63.9 Å². The molecule has 2 aliphatic heterocycles.